The summed E-state index contributed by atoms with van der Waals surface area (Å²) in [6, 6.07) is 0.345. The zero-order valence-corrected chi connectivity index (χ0v) is 11.6. The standard InChI is InChI=1S/C13H16N4OS/c1-2-8-4-3-7-17(8)13(18)11-9(14)10-12(19-11)16-6-5-15-10/h5-6,8H,2-4,7,14H2,1H3. The second-order valence-corrected chi connectivity index (χ2v) is 5.76. The number of carbonyl (C=O) groups excluding carboxylic acids is 1. The number of thiophene rings is 1. The largest absolute Gasteiger partial charge is 0.396 e. The van der Waals surface area contributed by atoms with Gasteiger partial charge in [0.2, 0.25) is 0 Å². The maximum atomic E-state index is 12.6. The van der Waals surface area contributed by atoms with Gasteiger partial charge < -0.3 is 10.6 Å². The van der Waals surface area contributed by atoms with Crippen LogP contribution in [0.3, 0.4) is 0 Å². The van der Waals surface area contributed by atoms with Crippen molar-refractivity contribution in [3.63, 3.8) is 0 Å². The maximum absolute atomic E-state index is 12.6. The van der Waals surface area contributed by atoms with E-state index >= 15 is 0 Å². The Bertz CT molecular complexity index is 624. The molecule has 5 nitrogen and oxygen atoms in total. The summed E-state index contributed by atoms with van der Waals surface area (Å²) in [6.45, 7) is 2.94. The fourth-order valence-corrected chi connectivity index (χ4v) is 3.64. The van der Waals surface area contributed by atoms with Crippen molar-refractivity contribution >= 4 is 33.3 Å². The highest BCUT2D eigenvalue weighted by atomic mass is 32.1. The molecule has 0 saturated carbocycles. The van der Waals surface area contributed by atoms with Gasteiger partial charge in [0.25, 0.3) is 5.91 Å². The van der Waals surface area contributed by atoms with Gasteiger partial charge in [0.15, 0.2) is 0 Å². The molecule has 2 aromatic heterocycles. The summed E-state index contributed by atoms with van der Waals surface area (Å²) >= 11 is 1.34. The van der Waals surface area contributed by atoms with E-state index in [-0.39, 0.29) is 5.91 Å². The summed E-state index contributed by atoms with van der Waals surface area (Å²) in [5, 5.41) is 0. The molecule has 3 heterocycles. The minimum absolute atomic E-state index is 0.0339. The van der Waals surface area contributed by atoms with Crippen LogP contribution >= 0.6 is 11.3 Å². The van der Waals surface area contributed by atoms with Crippen molar-refractivity contribution in [1.82, 2.24) is 14.9 Å². The Morgan fingerprint density at radius 3 is 3.05 bits per heavy atom. The minimum Gasteiger partial charge on any atom is -0.396 e. The maximum Gasteiger partial charge on any atom is 0.266 e. The van der Waals surface area contributed by atoms with Gasteiger partial charge in [0, 0.05) is 25.0 Å². The van der Waals surface area contributed by atoms with Crippen LogP contribution in [-0.4, -0.2) is 33.4 Å². The normalized spacial score (nSPS) is 19.2. The zero-order valence-electron chi connectivity index (χ0n) is 10.8. The van der Waals surface area contributed by atoms with Crippen LogP contribution in [0.5, 0.6) is 0 Å². The first-order valence-electron chi connectivity index (χ1n) is 6.52. The molecule has 1 aliphatic rings. The Morgan fingerprint density at radius 1 is 1.53 bits per heavy atom. The molecule has 1 atom stereocenters. The van der Waals surface area contributed by atoms with Gasteiger partial charge in [0.05, 0.1) is 5.69 Å². The molecule has 0 aromatic carbocycles. The van der Waals surface area contributed by atoms with E-state index in [4.69, 9.17) is 5.73 Å². The quantitative estimate of drug-likeness (QED) is 0.913. The van der Waals surface area contributed by atoms with Crippen molar-refractivity contribution < 1.29 is 4.79 Å². The number of amides is 1. The van der Waals surface area contributed by atoms with E-state index in [9.17, 15) is 4.79 Å². The van der Waals surface area contributed by atoms with E-state index in [0.29, 0.717) is 22.1 Å². The third kappa shape index (κ3) is 1.96. The molecule has 1 saturated heterocycles. The number of rotatable bonds is 2. The van der Waals surface area contributed by atoms with Crippen LogP contribution in [-0.2, 0) is 0 Å². The number of aromatic nitrogens is 2. The number of anilines is 1. The Labute approximate surface area is 115 Å². The predicted octanol–water partition coefficient (Wildman–Crippen LogP) is 2.29. The average molecular weight is 276 g/mol. The number of hydrogen-bond donors (Lipinski definition) is 1. The molecular weight excluding hydrogens is 260 g/mol. The first-order valence-corrected chi connectivity index (χ1v) is 7.34. The molecule has 1 aliphatic heterocycles. The first-order chi connectivity index (χ1) is 9.22. The third-order valence-corrected chi connectivity index (χ3v) is 4.76. The summed E-state index contributed by atoms with van der Waals surface area (Å²) in [5.74, 6) is 0.0339. The number of carbonyl (C=O) groups is 1. The second-order valence-electron chi connectivity index (χ2n) is 4.76. The van der Waals surface area contributed by atoms with Crippen molar-refractivity contribution in [2.75, 3.05) is 12.3 Å². The van der Waals surface area contributed by atoms with E-state index in [1.807, 2.05) is 4.90 Å². The van der Waals surface area contributed by atoms with Crippen LogP contribution in [0.1, 0.15) is 35.9 Å². The first kappa shape index (κ1) is 12.3. The summed E-state index contributed by atoms with van der Waals surface area (Å²) in [7, 11) is 0. The molecule has 3 rings (SSSR count). The summed E-state index contributed by atoms with van der Waals surface area (Å²) in [4.78, 5) is 24.3. The highest BCUT2D eigenvalue weighted by Crippen LogP contribution is 2.33. The lowest BCUT2D eigenvalue weighted by molar-refractivity contribution is 0.0739. The highest BCUT2D eigenvalue weighted by molar-refractivity contribution is 7.21. The fraction of sp³-hybridized carbons (Fsp3) is 0.462. The number of nitrogens with two attached hydrogens (primary N) is 1. The Morgan fingerprint density at radius 2 is 2.32 bits per heavy atom. The SMILES string of the molecule is CCC1CCCN1C(=O)c1sc2nccnc2c1N. The van der Waals surface area contributed by atoms with Gasteiger partial charge >= 0.3 is 0 Å². The predicted molar refractivity (Wildman–Crippen MR) is 76.2 cm³/mol. The van der Waals surface area contributed by atoms with Gasteiger partial charge in [-0.05, 0) is 19.3 Å². The van der Waals surface area contributed by atoms with Crippen molar-refractivity contribution in [2.45, 2.75) is 32.2 Å². The third-order valence-electron chi connectivity index (χ3n) is 3.67. The molecule has 1 fully saturated rings. The molecule has 100 valence electrons. The van der Waals surface area contributed by atoms with Crippen molar-refractivity contribution in [3.05, 3.63) is 17.3 Å². The molecule has 19 heavy (non-hydrogen) atoms. The van der Waals surface area contributed by atoms with E-state index in [1.54, 1.807) is 12.4 Å². The van der Waals surface area contributed by atoms with E-state index in [0.717, 1.165) is 30.6 Å². The molecule has 0 radical (unpaired) electrons. The zero-order chi connectivity index (χ0) is 13.4. The lowest BCUT2D eigenvalue weighted by atomic mass is 10.1. The van der Waals surface area contributed by atoms with Gasteiger partial charge in [-0.25, -0.2) is 9.97 Å². The van der Waals surface area contributed by atoms with Crippen LogP contribution in [0, 0.1) is 0 Å². The second kappa shape index (κ2) is 4.77. The Balaban J connectivity index is 2.00. The van der Waals surface area contributed by atoms with E-state index in [2.05, 4.69) is 16.9 Å². The van der Waals surface area contributed by atoms with Crippen molar-refractivity contribution in [2.24, 2.45) is 0 Å². The van der Waals surface area contributed by atoms with Gasteiger partial charge in [-0.1, -0.05) is 6.92 Å². The molecule has 0 aliphatic carbocycles. The fourth-order valence-electron chi connectivity index (χ4n) is 2.66. The van der Waals surface area contributed by atoms with Gasteiger partial charge in [-0.2, -0.15) is 0 Å². The summed E-state index contributed by atoms with van der Waals surface area (Å²) < 4.78 is 0. The molecule has 0 spiro atoms. The Kier molecular flexibility index (Phi) is 3.10. The number of likely N-dealkylation sites (tertiary alicyclic amines) is 1. The van der Waals surface area contributed by atoms with E-state index < -0.39 is 0 Å². The lowest BCUT2D eigenvalue weighted by Crippen LogP contribution is -2.34. The molecule has 1 unspecified atom stereocenters. The van der Waals surface area contributed by atoms with Crippen LogP contribution in [0.15, 0.2) is 12.4 Å². The number of hydrogen-bond acceptors (Lipinski definition) is 5. The Hall–Kier alpha value is -1.69. The van der Waals surface area contributed by atoms with Crippen LogP contribution in [0.2, 0.25) is 0 Å². The highest BCUT2D eigenvalue weighted by Gasteiger charge is 2.30. The van der Waals surface area contributed by atoms with Crippen LogP contribution in [0.4, 0.5) is 5.69 Å². The minimum atomic E-state index is 0.0339. The molecule has 0 bridgehead atoms. The summed E-state index contributed by atoms with van der Waals surface area (Å²) in [5.41, 5.74) is 7.17. The van der Waals surface area contributed by atoms with Crippen molar-refractivity contribution in [1.29, 1.82) is 0 Å². The smallest absolute Gasteiger partial charge is 0.266 e. The monoisotopic (exact) mass is 276 g/mol. The summed E-state index contributed by atoms with van der Waals surface area (Å²) in [6.07, 6.45) is 6.38. The number of nitrogen functional groups attached to an aromatic ring is 1. The molecule has 2 aromatic rings. The van der Waals surface area contributed by atoms with E-state index in [1.165, 1.54) is 11.3 Å². The number of fused-ring (bicyclic) bond motifs is 1. The van der Waals surface area contributed by atoms with Gasteiger partial charge in [-0.3, -0.25) is 4.79 Å². The van der Waals surface area contributed by atoms with Crippen LogP contribution < -0.4 is 5.73 Å². The lowest BCUT2D eigenvalue weighted by Gasteiger charge is -2.23. The van der Waals surface area contributed by atoms with Gasteiger partial charge in [0.1, 0.15) is 15.2 Å². The topological polar surface area (TPSA) is 72.1 Å². The number of nitrogens with zero attached hydrogens (tertiary/aromatic N) is 3. The molecule has 6 heteroatoms. The molecular formula is C13H16N4OS. The molecule has 1 amide bonds. The van der Waals surface area contributed by atoms with Crippen molar-refractivity contribution in [3.8, 4) is 0 Å². The average Bonchev–Trinajstić information content (AvgIpc) is 3.03. The van der Waals surface area contributed by atoms with Crippen LogP contribution in [0.25, 0.3) is 10.3 Å². The molecule has 2 N–H and O–H groups in total. The van der Waals surface area contributed by atoms with Gasteiger partial charge in [-0.15, -0.1) is 11.3 Å².